The molecule has 1 rings (SSSR count). The quantitative estimate of drug-likeness (QED) is 0.625. The molecule has 0 N–H and O–H groups in total. The molecule has 0 amide bonds. The topological polar surface area (TPSA) is 29.5 Å². The standard InChI is InChI=1S/C15H29NO2/c1-4-6-13-7-8-15(17)14(11-13)12-16(3)9-10-18-5-2/h13-14H,4-12H2,1-3H3. The molecule has 1 aliphatic carbocycles. The number of nitrogens with zero attached hydrogens (tertiary/aromatic N) is 1. The first-order valence-electron chi connectivity index (χ1n) is 7.46. The molecule has 1 fully saturated rings. The van der Waals surface area contributed by atoms with Gasteiger partial charge < -0.3 is 9.64 Å². The van der Waals surface area contributed by atoms with Gasteiger partial charge >= 0.3 is 0 Å². The predicted octanol–water partition coefficient (Wildman–Crippen LogP) is 2.74. The highest BCUT2D eigenvalue weighted by Gasteiger charge is 2.28. The van der Waals surface area contributed by atoms with E-state index in [0.29, 0.717) is 5.78 Å². The fraction of sp³-hybridized carbons (Fsp3) is 0.933. The monoisotopic (exact) mass is 255 g/mol. The maximum atomic E-state index is 12.0. The summed E-state index contributed by atoms with van der Waals surface area (Å²) in [4.78, 5) is 14.2. The third kappa shape index (κ3) is 5.49. The summed E-state index contributed by atoms with van der Waals surface area (Å²) < 4.78 is 5.35. The van der Waals surface area contributed by atoms with Crippen molar-refractivity contribution in [2.75, 3.05) is 33.4 Å². The minimum absolute atomic E-state index is 0.266. The molecule has 0 aromatic heterocycles. The van der Waals surface area contributed by atoms with E-state index in [2.05, 4.69) is 18.9 Å². The Morgan fingerprint density at radius 3 is 2.83 bits per heavy atom. The molecule has 0 aromatic rings. The SMILES string of the molecule is CCCC1CCC(=O)C(CN(C)CCOCC)C1. The van der Waals surface area contributed by atoms with Crippen molar-refractivity contribution in [1.29, 1.82) is 0 Å². The highest BCUT2D eigenvalue weighted by Crippen LogP contribution is 2.30. The van der Waals surface area contributed by atoms with E-state index in [-0.39, 0.29) is 5.92 Å². The van der Waals surface area contributed by atoms with Crippen molar-refractivity contribution in [3.8, 4) is 0 Å². The van der Waals surface area contributed by atoms with Gasteiger partial charge in [0, 0.05) is 32.0 Å². The molecule has 0 bridgehead atoms. The maximum absolute atomic E-state index is 12.0. The van der Waals surface area contributed by atoms with Gasteiger partial charge in [0.2, 0.25) is 0 Å². The van der Waals surface area contributed by atoms with Crippen molar-refractivity contribution in [2.45, 2.75) is 46.0 Å². The van der Waals surface area contributed by atoms with E-state index in [4.69, 9.17) is 4.74 Å². The number of Topliss-reactive ketones (excluding diaryl/α,β-unsaturated/α-hetero) is 1. The van der Waals surface area contributed by atoms with E-state index in [1.54, 1.807) is 0 Å². The first-order valence-corrected chi connectivity index (χ1v) is 7.46. The van der Waals surface area contributed by atoms with E-state index in [1.165, 1.54) is 12.8 Å². The van der Waals surface area contributed by atoms with Crippen LogP contribution >= 0.6 is 0 Å². The second kappa shape index (κ2) is 8.65. The summed E-state index contributed by atoms with van der Waals surface area (Å²) in [5, 5.41) is 0. The molecule has 0 saturated heterocycles. The Morgan fingerprint density at radius 2 is 2.17 bits per heavy atom. The summed E-state index contributed by atoms with van der Waals surface area (Å²) in [6, 6.07) is 0. The van der Waals surface area contributed by atoms with Crippen molar-refractivity contribution < 1.29 is 9.53 Å². The molecule has 1 aliphatic rings. The highest BCUT2D eigenvalue weighted by molar-refractivity contribution is 5.81. The lowest BCUT2D eigenvalue weighted by molar-refractivity contribution is -0.126. The Kier molecular flexibility index (Phi) is 7.52. The number of carbonyl (C=O) groups excluding carboxylic acids is 1. The fourth-order valence-corrected chi connectivity index (χ4v) is 2.88. The van der Waals surface area contributed by atoms with E-state index in [0.717, 1.165) is 51.5 Å². The van der Waals surface area contributed by atoms with E-state index >= 15 is 0 Å². The molecule has 0 aromatic carbocycles. The van der Waals surface area contributed by atoms with Crippen molar-refractivity contribution in [1.82, 2.24) is 4.90 Å². The molecule has 0 aliphatic heterocycles. The molecule has 2 atom stereocenters. The normalized spacial score (nSPS) is 24.8. The van der Waals surface area contributed by atoms with Gasteiger partial charge in [-0.05, 0) is 32.7 Å². The Bertz CT molecular complexity index is 243. The zero-order valence-corrected chi connectivity index (χ0v) is 12.3. The van der Waals surface area contributed by atoms with Crippen LogP contribution in [0, 0.1) is 11.8 Å². The zero-order valence-electron chi connectivity index (χ0n) is 12.3. The van der Waals surface area contributed by atoms with Gasteiger partial charge in [-0.3, -0.25) is 4.79 Å². The van der Waals surface area contributed by atoms with Gasteiger partial charge in [-0.25, -0.2) is 0 Å². The first kappa shape index (κ1) is 15.6. The summed E-state index contributed by atoms with van der Waals surface area (Å²) in [5.74, 6) is 1.52. The predicted molar refractivity (Wildman–Crippen MR) is 74.7 cm³/mol. The Hall–Kier alpha value is -0.410. The molecule has 1 saturated carbocycles. The lowest BCUT2D eigenvalue weighted by Crippen LogP contribution is -2.36. The molecule has 3 heteroatoms. The number of hydrogen-bond acceptors (Lipinski definition) is 3. The number of rotatable bonds is 8. The van der Waals surface area contributed by atoms with Gasteiger partial charge in [-0.2, -0.15) is 0 Å². The van der Waals surface area contributed by atoms with Gasteiger partial charge in [0.1, 0.15) is 5.78 Å². The number of ketones is 1. The van der Waals surface area contributed by atoms with Crippen LogP contribution in [0.4, 0.5) is 0 Å². The first-order chi connectivity index (χ1) is 8.67. The largest absolute Gasteiger partial charge is 0.380 e. The van der Waals surface area contributed by atoms with Gasteiger partial charge in [-0.1, -0.05) is 19.8 Å². The Labute approximate surface area is 112 Å². The van der Waals surface area contributed by atoms with Crippen LogP contribution in [-0.4, -0.2) is 44.0 Å². The number of ether oxygens (including phenoxy) is 1. The number of carbonyl (C=O) groups is 1. The summed E-state index contributed by atoms with van der Waals surface area (Å²) >= 11 is 0. The van der Waals surface area contributed by atoms with Crippen LogP contribution in [0.2, 0.25) is 0 Å². The molecular weight excluding hydrogens is 226 g/mol. The summed E-state index contributed by atoms with van der Waals surface area (Å²) in [5.41, 5.74) is 0. The van der Waals surface area contributed by atoms with Crippen LogP contribution in [0.5, 0.6) is 0 Å². The minimum Gasteiger partial charge on any atom is -0.380 e. The summed E-state index contributed by atoms with van der Waals surface area (Å²) in [6.07, 6.45) is 5.55. The van der Waals surface area contributed by atoms with E-state index in [9.17, 15) is 4.79 Å². The average molecular weight is 255 g/mol. The van der Waals surface area contributed by atoms with Crippen LogP contribution in [-0.2, 0) is 9.53 Å². The van der Waals surface area contributed by atoms with E-state index < -0.39 is 0 Å². The molecule has 0 spiro atoms. The molecule has 0 heterocycles. The number of hydrogen-bond donors (Lipinski definition) is 0. The molecule has 0 radical (unpaired) electrons. The molecule has 18 heavy (non-hydrogen) atoms. The Morgan fingerprint density at radius 1 is 1.39 bits per heavy atom. The fourth-order valence-electron chi connectivity index (χ4n) is 2.88. The molecular formula is C15H29NO2. The summed E-state index contributed by atoms with van der Waals surface area (Å²) in [6.45, 7) is 7.63. The average Bonchev–Trinajstić information content (AvgIpc) is 2.34. The second-order valence-corrected chi connectivity index (χ2v) is 5.55. The lowest BCUT2D eigenvalue weighted by Gasteiger charge is -2.30. The van der Waals surface area contributed by atoms with E-state index in [1.807, 2.05) is 6.92 Å². The maximum Gasteiger partial charge on any atom is 0.137 e. The summed E-state index contributed by atoms with van der Waals surface area (Å²) in [7, 11) is 2.09. The van der Waals surface area contributed by atoms with Crippen molar-refractivity contribution >= 4 is 5.78 Å². The van der Waals surface area contributed by atoms with Gasteiger partial charge in [0.05, 0.1) is 6.61 Å². The van der Waals surface area contributed by atoms with Crippen molar-refractivity contribution in [3.63, 3.8) is 0 Å². The van der Waals surface area contributed by atoms with Crippen molar-refractivity contribution in [2.24, 2.45) is 11.8 Å². The van der Waals surface area contributed by atoms with Crippen LogP contribution < -0.4 is 0 Å². The van der Waals surface area contributed by atoms with Crippen LogP contribution in [0.15, 0.2) is 0 Å². The van der Waals surface area contributed by atoms with Gasteiger partial charge in [-0.15, -0.1) is 0 Å². The van der Waals surface area contributed by atoms with Gasteiger partial charge in [0.15, 0.2) is 0 Å². The van der Waals surface area contributed by atoms with Gasteiger partial charge in [0.25, 0.3) is 0 Å². The van der Waals surface area contributed by atoms with Crippen LogP contribution in [0.1, 0.15) is 46.0 Å². The number of likely N-dealkylation sites (N-methyl/N-ethyl adjacent to an activating group) is 1. The lowest BCUT2D eigenvalue weighted by atomic mass is 9.78. The van der Waals surface area contributed by atoms with Crippen LogP contribution in [0.25, 0.3) is 0 Å². The van der Waals surface area contributed by atoms with Crippen LogP contribution in [0.3, 0.4) is 0 Å². The molecule has 106 valence electrons. The third-order valence-corrected chi connectivity index (χ3v) is 3.92. The second-order valence-electron chi connectivity index (χ2n) is 5.55. The molecule has 3 nitrogen and oxygen atoms in total. The third-order valence-electron chi connectivity index (χ3n) is 3.92. The zero-order chi connectivity index (χ0) is 13.4. The molecule has 2 unspecified atom stereocenters. The highest BCUT2D eigenvalue weighted by atomic mass is 16.5. The minimum atomic E-state index is 0.266. The Balaban J connectivity index is 2.31. The van der Waals surface area contributed by atoms with Crippen molar-refractivity contribution in [3.05, 3.63) is 0 Å². The smallest absolute Gasteiger partial charge is 0.137 e.